The number of hydrogen-bond donors (Lipinski definition) is 2. The van der Waals surface area contributed by atoms with Crippen LogP contribution in [0.3, 0.4) is 0 Å². The Morgan fingerprint density at radius 3 is 2.04 bits per heavy atom. The lowest BCUT2D eigenvalue weighted by atomic mass is 10.2. The van der Waals surface area contributed by atoms with Crippen LogP contribution in [-0.4, -0.2) is 71.5 Å². The van der Waals surface area contributed by atoms with Gasteiger partial charge in [0.1, 0.15) is 12.5 Å². The highest BCUT2D eigenvalue weighted by atomic mass is 16.6. The predicted octanol–water partition coefficient (Wildman–Crippen LogP) is 1.20. The molecule has 8 nitrogen and oxygen atoms in total. The van der Waals surface area contributed by atoms with Gasteiger partial charge >= 0.3 is 5.97 Å². The van der Waals surface area contributed by atoms with Crippen LogP contribution in [0.1, 0.15) is 32.6 Å². The van der Waals surface area contributed by atoms with Gasteiger partial charge in [-0.15, -0.1) is 0 Å². The molecule has 0 aromatic carbocycles. The van der Waals surface area contributed by atoms with Crippen LogP contribution < -0.4 is 10.6 Å². The first-order valence-corrected chi connectivity index (χ1v) is 9.35. The summed E-state index contributed by atoms with van der Waals surface area (Å²) in [6.07, 6.45) is 5.81. The zero-order valence-electron chi connectivity index (χ0n) is 16.4. The number of ether oxygens (including phenoxy) is 4. The third-order valence-electron chi connectivity index (χ3n) is 3.33. The zero-order valence-corrected chi connectivity index (χ0v) is 16.4. The summed E-state index contributed by atoms with van der Waals surface area (Å²) in [6.45, 7) is 9.79. The standard InChI is InChI=1S/C19H34N2O6/c1-18(2)19(23)27-15-14-26-17-21-9-6-4-3-5-8-20-16-25-13-12-24-11-7-10-22/h7,20-21H,1,3-6,8-9,11-17H2,2H3. The Morgan fingerprint density at radius 2 is 1.48 bits per heavy atom. The summed E-state index contributed by atoms with van der Waals surface area (Å²) < 4.78 is 20.7. The van der Waals surface area contributed by atoms with Crippen LogP contribution in [0.15, 0.2) is 18.2 Å². The summed E-state index contributed by atoms with van der Waals surface area (Å²) in [5.74, 6) is 1.27. The number of unbranched alkanes of at least 4 members (excludes halogenated alkanes) is 3. The Morgan fingerprint density at radius 1 is 0.926 bits per heavy atom. The van der Waals surface area contributed by atoms with Crippen molar-refractivity contribution in [2.45, 2.75) is 32.6 Å². The maximum Gasteiger partial charge on any atom is 0.333 e. The summed E-state index contributed by atoms with van der Waals surface area (Å²) in [6, 6.07) is 0. The van der Waals surface area contributed by atoms with Crippen molar-refractivity contribution < 1.29 is 28.5 Å². The van der Waals surface area contributed by atoms with E-state index in [1.807, 2.05) is 0 Å². The van der Waals surface area contributed by atoms with Crippen LogP contribution in [0.25, 0.3) is 0 Å². The van der Waals surface area contributed by atoms with E-state index in [9.17, 15) is 9.59 Å². The van der Waals surface area contributed by atoms with Gasteiger partial charge in [0, 0.05) is 11.6 Å². The van der Waals surface area contributed by atoms with Crippen LogP contribution in [0.4, 0.5) is 0 Å². The molecular weight excluding hydrogens is 352 g/mol. The third kappa shape index (κ3) is 20.6. The minimum atomic E-state index is -0.384. The topological polar surface area (TPSA) is 95.1 Å². The summed E-state index contributed by atoms with van der Waals surface area (Å²) in [4.78, 5) is 21.0. The molecule has 0 rings (SSSR count). The molecule has 0 unspecified atom stereocenters. The van der Waals surface area contributed by atoms with Gasteiger partial charge in [-0.25, -0.2) is 9.59 Å². The molecule has 0 aliphatic rings. The molecule has 0 saturated heterocycles. The molecule has 0 spiro atoms. The summed E-state index contributed by atoms with van der Waals surface area (Å²) in [5, 5.41) is 6.40. The zero-order chi connectivity index (χ0) is 20.0. The molecule has 0 aliphatic heterocycles. The molecule has 2 N–H and O–H groups in total. The molecule has 0 atom stereocenters. The monoisotopic (exact) mass is 386 g/mol. The Hall–Kier alpha value is -1.54. The van der Waals surface area contributed by atoms with Crippen molar-refractivity contribution >= 4 is 11.9 Å². The van der Waals surface area contributed by atoms with Gasteiger partial charge in [0.05, 0.1) is 39.9 Å². The summed E-state index contributed by atoms with van der Waals surface area (Å²) >= 11 is 0. The van der Waals surface area contributed by atoms with Crippen molar-refractivity contribution in [1.82, 2.24) is 10.6 Å². The molecule has 0 aromatic heterocycles. The Balaban J connectivity index is 3.08. The van der Waals surface area contributed by atoms with Crippen molar-refractivity contribution in [2.24, 2.45) is 0 Å². The first-order valence-electron chi connectivity index (χ1n) is 9.35. The van der Waals surface area contributed by atoms with Crippen molar-refractivity contribution in [2.75, 3.05) is 59.6 Å². The first-order chi connectivity index (χ1) is 13.2. The van der Waals surface area contributed by atoms with Gasteiger partial charge < -0.3 is 18.9 Å². The Kier molecular flexibility index (Phi) is 19.6. The van der Waals surface area contributed by atoms with E-state index >= 15 is 0 Å². The second-order valence-electron chi connectivity index (χ2n) is 5.83. The highest BCUT2D eigenvalue weighted by Crippen LogP contribution is 1.97. The molecule has 0 radical (unpaired) electrons. The van der Waals surface area contributed by atoms with Crippen LogP contribution in [0.2, 0.25) is 0 Å². The second-order valence-corrected chi connectivity index (χ2v) is 5.83. The normalized spacial score (nSPS) is 10.4. The van der Waals surface area contributed by atoms with Gasteiger partial charge in [0.15, 0.2) is 0 Å². The van der Waals surface area contributed by atoms with E-state index in [0.29, 0.717) is 38.9 Å². The maximum atomic E-state index is 11.1. The van der Waals surface area contributed by atoms with Crippen LogP contribution in [0.5, 0.6) is 0 Å². The number of carbonyl (C=O) groups is 1. The highest BCUT2D eigenvalue weighted by Gasteiger charge is 2.01. The van der Waals surface area contributed by atoms with Gasteiger partial charge in [-0.3, -0.25) is 10.6 Å². The first kappa shape index (κ1) is 25.5. The largest absolute Gasteiger partial charge is 0.460 e. The van der Waals surface area contributed by atoms with E-state index in [0.717, 1.165) is 38.8 Å². The number of carbonyl (C=O) groups excluding carboxylic acids is 2. The lowest BCUT2D eigenvalue weighted by Gasteiger charge is -2.08. The molecule has 0 bridgehead atoms. The average molecular weight is 386 g/mol. The fraction of sp³-hybridized carbons (Fsp3) is 0.737. The van der Waals surface area contributed by atoms with Crippen molar-refractivity contribution in [1.29, 1.82) is 0 Å². The van der Waals surface area contributed by atoms with Crippen LogP contribution in [-0.2, 0) is 28.5 Å². The molecule has 0 heterocycles. The van der Waals surface area contributed by atoms with Gasteiger partial charge in [-0.2, -0.15) is 0 Å². The quantitative estimate of drug-likeness (QED) is 0.106. The van der Waals surface area contributed by atoms with Crippen molar-refractivity contribution in [3.8, 4) is 0 Å². The van der Waals surface area contributed by atoms with Crippen LogP contribution >= 0.6 is 0 Å². The maximum absolute atomic E-state index is 11.1. The molecular formula is C19H34N2O6. The van der Waals surface area contributed by atoms with Gasteiger partial charge in [-0.1, -0.05) is 19.4 Å². The molecule has 156 valence electrons. The van der Waals surface area contributed by atoms with Crippen molar-refractivity contribution in [3.63, 3.8) is 0 Å². The number of nitrogens with one attached hydrogen (secondary N) is 2. The smallest absolute Gasteiger partial charge is 0.333 e. The lowest BCUT2D eigenvalue weighted by molar-refractivity contribution is -0.140. The van der Waals surface area contributed by atoms with Crippen LogP contribution in [0, 0.1) is 0 Å². The fourth-order valence-electron chi connectivity index (χ4n) is 1.90. The van der Waals surface area contributed by atoms with E-state index in [1.165, 1.54) is 6.08 Å². The Bertz CT molecular complexity index is 424. The van der Waals surface area contributed by atoms with E-state index in [-0.39, 0.29) is 19.2 Å². The van der Waals surface area contributed by atoms with Crippen molar-refractivity contribution in [3.05, 3.63) is 18.2 Å². The van der Waals surface area contributed by atoms with Gasteiger partial charge in [0.2, 0.25) is 0 Å². The second kappa shape index (κ2) is 20.8. The summed E-state index contributed by atoms with van der Waals surface area (Å²) in [5.41, 5.74) is 0.394. The molecule has 0 aliphatic carbocycles. The minimum absolute atomic E-state index is 0.245. The number of rotatable bonds is 20. The van der Waals surface area contributed by atoms with E-state index in [1.54, 1.807) is 12.9 Å². The number of hydrogen-bond acceptors (Lipinski definition) is 8. The predicted molar refractivity (Wildman–Crippen MR) is 103 cm³/mol. The van der Waals surface area contributed by atoms with E-state index < -0.39 is 0 Å². The minimum Gasteiger partial charge on any atom is -0.460 e. The fourth-order valence-corrected chi connectivity index (χ4v) is 1.90. The Labute approximate surface area is 162 Å². The average Bonchev–Trinajstić information content (AvgIpc) is 2.66. The molecule has 0 fully saturated rings. The summed E-state index contributed by atoms with van der Waals surface area (Å²) in [7, 11) is 0. The van der Waals surface area contributed by atoms with E-state index in [2.05, 4.69) is 17.2 Å². The SMILES string of the molecule is C=C(C)C(=O)OCCOCNCCCCCCNCOCCOCC=C=O. The lowest BCUT2D eigenvalue weighted by Crippen LogP contribution is -2.22. The third-order valence-corrected chi connectivity index (χ3v) is 3.33. The number of esters is 1. The molecule has 0 amide bonds. The molecule has 27 heavy (non-hydrogen) atoms. The molecule has 0 saturated carbocycles. The van der Waals surface area contributed by atoms with Gasteiger partial charge in [0.25, 0.3) is 0 Å². The highest BCUT2D eigenvalue weighted by molar-refractivity contribution is 5.86. The molecule has 8 heteroatoms. The molecule has 0 aromatic rings. The van der Waals surface area contributed by atoms with E-state index in [4.69, 9.17) is 18.9 Å². The van der Waals surface area contributed by atoms with Gasteiger partial charge in [-0.05, 0) is 32.9 Å².